The van der Waals surface area contributed by atoms with Crippen LogP contribution in [0.15, 0.2) is 54.6 Å². The molecule has 1 heterocycles. The highest BCUT2D eigenvalue weighted by molar-refractivity contribution is 6.05. The largest absolute Gasteiger partial charge is 0.396 e. The van der Waals surface area contributed by atoms with Gasteiger partial charge >= 0.3 is 0 Å². The van der Waals surface area contributed by atoms with E-state index in [2.05, 4.69) is 22.8 Å². The van der Waals surface area contributed by atoms with Crippen LogP contribution in [-0.4, -0.2) is 22.6 Å². The number of rotatable bonds is 8. The van der Waals surface area contributed by atoms with Gasteiger partial charge in [-0.3, -0.25) is 4.79 Å². The summed E-state index contributed by atoms with van der Waals surface area (Å²) in [5.41, 5.74) is 3.97. The minimum absolute atomic E-state index is 0.261. The average Bonchev–Trinajstić information content (AvgIpc) is 2.96. The van der Waals surface area contributed by atoms with Crippen LogP contribution in [0.25, 0.3) is 22.2 Å². The minimum Gasteiger partial charge on any atom is -0.396 e. The van der Waals surface area contributed by atoms with Crippen molar-refractivity contribution in [2.45, 2.75) is 32.2 Å². The zero-order valence-electron chi connectivity index (χ0n) is 13.8. The first-order chi connectivity index (χ1) is 11.9. The van der Waals surface area contributed by atoms with Crippen molar-refractivity contribution in [3.8, 4) is 11.3 Å². The maximum Gasteiger partial charge on any atom is 0.152 e. The Kier molecular flexibility index (Phi) is 5.44. The summed E-state index contributed by atoms with van der Waals surface area (Å²) in [5.74, 6) is 0. The van der Waals surface area contributed by atoms with Gasteiger partial charge in [-0.15, -0.1) is 0 Å². The Balaban J connectivity index is 2.03. The van der Waals surface area contributed by atoms with Crippen LogP contribution in [-0.2, 0) is 6.54 Å². The lowest BCUT2D eigenvalue weighted by atomic mass is 10.1. The molecular weight excluding hydrogens is 298 g/mol. The molecule has 0 bridgehead atoms. The van der Waals surface area contributed by atoms with Gasteiger partial charge < -0.3 is 9.67 Å². The molecule has 0 spiro atoms. The number of carbonyl (C=O) groups is 1. The van der Waals surface area contributed by atoms with Crippen molar-refractivity contribution in [3.63, 3.8) is 0 Å². The van der Waals surface area contributed by atoms with Crippen molar-refractivity contribution >= 4 is 17.2 Å². The molecule has 0 aliphatic heterocycles. The Morgan fingerprint density at radius 2 is 1.58 bits per heavy atom. The summed E-state index contributed by atoms with van der Waals surface area (Å²) in [4.78, 5) is 11.8. The van der Waals surface area contributed by atoms with E-state index in [-0.39, 0.29) is 6.61 Å². The monoisotopic (exact) mass is 321 g/mol. The van der Waals surface area contributed by atoms with Gasteiger partial charge in [-0.2, -0.15) is 0 Å². The maximum atomic E-state index is 11.8. The molecule has 1 aromatic heterocycles. The third-order valence-corrected chi connectivity index (χ3v) is 4.46. The minimum atomic E-state index is 0.261. The van der Waals surface area contributed by atoms with Gasteiger partial charge in [0.1, 0.15) is 0 Å². The van der Waals surface area contributed by atoms with E-state index in [0.717, 1.165) is 66.2 Å². The lowest BCUT2D eigenvalue weighted by molar-refractivity contribution is 0.112. The quantitative estimate of drug-likeness (QED) is 0.484. The first-order valence-electron chi connectivity index (χ1n) is 8.59. The van der Waals surface area contributed by atoms with Gasteiger partial charge in [0.05, 0.1) is 5.69 Å². The number of fused-ring (bicyclic) bond motifs is 1. The highest BCUT2D eigenvalue weighted by Crippen LogP contribution is 2.33. The van der Waals surface area contributed by atoms with Crippen molar-refractivity contribution in [2.24, 2.45) is 0 Å². The van der Waals surface area contributed by atoms with Crippen LogP contribution in [0.5, 0.6) is 0 Å². The van der Waals surface area contributed by atoms with Crippen molar-refractivity contribution in [3.05, 3.63) is 60.2 Å². The molecule has 3 rings (SSSR count). The van der Waals surface area contributed by atoms with Crippen molar-refractivity contribution in [1.82, 2.24) is 4.57 Å². The number of benzene rings is 2. The molecule has 0 amide bonds. The molecule has 24 heavy (non-hydrogen) atoms. The van der Waals surface area contributed by atoms with E-state index < -0.39 is 0 Å². The van der Waals surface area contributed by atoms with Gasteiger partial charge in [0.15, 0.2) is 6.29 Å². The van der Waals surface area contributed by atoms with E-state index in [0.29, 0.717) is 0 Å². The number of carbonyl (C=O) groups excluding carboxylic acids is 1. The first-order valence-corrected chi connectivity index (χ1v) is 8.59. The van der Waals surface area contributed by atoms with Gasteiger partial charge in [0.2, 0.25) is 0 Å². The van der Waals surface area contributed by atoms with E-state index in [4.69, 9.17) is 5.11 Å². The number of unbranched alkanes of at least 4 members (excludes halogenated alkanes) is 3. The van der Waals surface area contributed by atoms with Crippen LogP contribution in [0, 0.1) is 0 Å². The van der Waals surface area contributed by atoms with E-state index in [1.807, 2.05) is 36.4 Å². The molecule has 2 aromatic carbocycles. The van der Waals surface area contributed by atoms with E-state index >= 15 is 0 Å². The predicted octanol–water partition coefficient (Wildman–Crippen LogP) is 4.67. The number of aryl methyl sites for hydroxylation is 1. The molecule has 0 aliphatic carbocycles. The molecule has 124 valence electrons. The van der Waals surface area contributed by atoms with Crippen LogP contribution in [0.4, 0.5) is 0 Å². The molecule has 0 fully saturated rings. The third kappa shape index (κ3) is 3.26. The van der Waals surface area contributed by atoms with Crippen LogP contribution in [0.2, 0.25) is 0 Å². The smallest absolute Gasteiger partial charge is 0.152 e. The second-order valence-corrected chi connectivity index (χ2v) is 6.05. The van der Waals surface area contributed by atoms with Gasteiger partial charge in [0.25, 0.3) is 0 Å². The van der Waals surface area contributed by atoms with Crippen LogP contribution >= 0.6 is 0 Å². The molecule has 3 heteroatoms. The first kappa shape index (κ1) is 16.5. The normalized spacial score (nSPS) is 11.0. The fourth-order valence-corrected chi connectivity index (χ4v) is 3.32. The topological polar surface area (TPSA) is 42.2 Å². The summed E-state index contributed by atoms with van der Waals surface area (Å²) in [6.45, 7) is 1.14. The van der Waals surface area contributed by atoms with Gasteiger partial charge in [0, 0.05) is 29.6 Å². The number of aromatic nitrogens is 1. The zero-order chi connectivity index (χ0) is 16.8. The second-order valence-electron chi connectivity index (χ2n) is 6.05. The Bertz CT molecular complexity index is 805. The summed E-state index contributed by atoms with van der Waals surface area (Å²) in [5, 5.41) is 9.92. The molecular formula is C21H23NO2. The molecule has 3 nitrogen and oxygen atoms in total. The van der Waals surface area contributed by atoms with Crippen LogP contribution in [0.3, 0.4) is 0 Å². The molecule has 0 atom stereocenters. The number of para-hydroxylation sites is 1. The second kappa shape index (κ2) is 7.93. The maximum absolute atomic E-state index is 11.8. The lowest BCUT2D eigenvalue weighted by Crippen LogP contribution is -2.01. The molecule has 0 radical (unpaired) electrons. The fraction of sp³-hybridized carbons (Fsp3) is 0.286. The number of aliphatic hydroxyl groups is 1. The van der Waals surface area contributed by atoms with Gasteiger partial charge in [-0.1, -0.05) is 61.4 Å². The third-order valence-electron chi connectivity index (χ3n) is 4.46. The average molecular weight is 321 g/mol. The number of aldehydes is 1. The van der Waals surface area contributed by atoms with Crippen LogP contribution < -0.4 is 0 Å². The molecule has 0 aliphatic rings. The zero-order valence-corrected chi connectivity index (χ0v) is 13.8. The Hall–Kier alpha value is -2.39. The Labute approximate surface area is 142 Å². The molecule has 0 unspecified atom stereocenters. The predicted molar refractivity (Wildman–Crippen MR) is 98.3 cm³/mol. The van der Waals surface area contributed by atoms with Crippen LogP contribution in [0.1, 0.15) is 36.0 Å². The summed E-state index contributed by atoms with van der Waals surface area (Å²) in [6, 6.07) is 18.2. The van der Waals surface area contributed by atoms with Crippen molar-refractivity contribution < 1.29 is 9.90 Å². The van der Waals surface area contributed by atoms with E-state index in [1.165, 1.54) is 0 Å². The molecule has 0 saturated carbocycles. The van der Waals surface area contributed by atoms with Gasteiger partial charge in [-0.25, -0.2) is 0 Å². The highest BCUT2D eigenvalue weighted by atomic mass is 16.2. The number of hydrogen-bond donors (Lipinski definition) is 1. The van der Waals surface area contributed by atoms with E-state index in [9.17, 15) is 4.79 Å². The molecule has 1 N–H and O–H groups in total. The van der Waals surface area contributed by atoms with E-state index in [1.54, 1.807) is 0 Å². The van der Waals surface area contributed by atoms with Gasteiger partial charge in [-0.05, 0) is 24.5 Å². The lowest BCUT2D eigenvalue weighted by Gasteiger charge is -2.11. The summed E-state index contributed by atoms with van der Waals surface area (Å²) in [6.07, 6.45) is 5.00. The van der Waals surface area contributed by atoms with Crippen molar-refractivity contribution in [1.29, 1.82) is 0 Å². The summed E-state index contributed by atoms with van der Waals surface area (Å²) >= 11 is 0. The summed E-state index contributed by atoms with van der Waals surface area (Å²) in [7, 11) is 0. The molecule has 3 aromatic rings. The summed E-state index contributed by atoms with van der Waals surface area (Å²) < 4.78 is 2.27. The Morgan fingerprint density at radius 1 is 0.875 bits per heavy atom. The van der Waals surface area contributed by atoms with Crippen molar-refractivity contribution in [2.75, 3.05) is 6.61 Å². The Morgan fingerprint density at radius 3 is 2.33 bits per heavy atom. The highest BCUT2D eigenvalue weighted by Gasteiger charge is 2.17. The molecule has 0 saturated heterocycles. The number of aliphatic hydroxyl groups excluding tert-OH is 1. The SMILES string of the molecule is O=Cc1c(-c2ccccc2)n(CCCCCCO)c2ccccc12. The number of nitrogens with zero attached hydrogens (tertiary/aromatic N) is 1. The number of hydrogen-bond acceptors (Lipinski definition) is 2. The fourth-order valence-electron chi connectivity index (χ4n) is 3.32. The standard InChI is InChI=1S/C21H23NO2/c23-15-9-2-1-8-14-22-20-13-7-6-12-18(20)19(16-24)21(22)17-10-4-3-5-11-17/h3-7,10-13,16,23H,1-2,8-9,14-15H2.